The molecule has 3 aromatic rings. The number of hydrogen-bond acceptors (Lipinski definition) is 4. The third-order valence-electron chi connectivity index (χ3n) is 6.43. The zero-order valence-electron chi connectivity index (χ0n) is 19.8. The fraction of sp³-hybridized carbons (Fsp3) is 0.276. The summed E-state index contributed by atoms with van der Waals surface area (Å²) in [5, 5.41) is 0. The monoisotopic (exact) mass is 442 g/mol. The van der Waals surface area contributed by atoms with Gasteiger partial charge in [-0.3, -0.25) is 4.79 Å². The number of Topliss-reactive ketones (excluding diaryl/α,β-unsaturated/α-hetero) is 1. The van der Waals surface area contributed by atoms with Gasteiger partial charge in [-0.25, -0.2) is 0 Å². The molecule has 0 aliphatic heterocycles. The van der Waals surface area contributed by atoms with Gasteiger partial charge in [0.1, 0.15) is 0 Å². The Kier molecular flexibility index (Phi) is 6.55. The molecule has 170 valence electrons. The molecule has 0 saturated carbocycles. The number of carbonyl (C=O) groups is 1. The molecule has 2 unspecified atom stereocenters. The van der Waals surface area contributed by atoms with Gasteiger partial charge in [0.2, 0.25) is 5.75 Å². The molecule has 3 aromatic carbocycles. The van der Waals surface area contributed by atoms with Gasteiger partial charge in [0.05, 0.1) is 21.3 Å². The van der Waals surface area contributed by atoms with Gasteiger partial charge in [-0.2, -0.15) is 0 Å². The Morgan fingerprint density at radius 2 is 1.33 bits per heavy atom. The number of carbonyl (C=O) groups excluding carboxylic acids is 1. The third kappa shape index (κ3) is 4.51. The molecule has 0 spiro atoms. The second-order valence-electron chi connectivity index (χ2n) is 8.58. The number of rotatable bonds is 7. The summed E-state index contributed by atoms with van der Waals surface area (Å²) in [7, 11) is 4.68. The molecule has 4 rings (SSSR count). The zero-order valence-corrected chi connectivity index (χ0v) is 19.8. The quantitative estimate of drug-likeness (QED) is 0.397. The summed E-state index contributed by atoms with van der Waals surface area (Å²) in [6.07, 6.45) is 2.95. The van der Waals surface area contributed by atoms with Crippen molar-refractivity contribution in [2.45, 2.75) is 26.2 Å². The average Bonchev–Trinajstić information content (AvgIpc) is 3.28. The van der Waals surface area contributed by atoms with E-state index in [0.717, 1.165) is 12.0 Å². The number of aryl methyl sites for hydroxylation is 2. The molecular weight excluding hydrogens is 412 g/mol. The summed E-state index contributed by atoms with van der Waals surface area (Å²) < 4.78 is 16.4. The van der Waals surface area contributed by atoms with Crippen LogP contribution in [0.15, 0.2) is 66.7 Å². The molecule has 0 radical (unpaired) electrons. The highest BCUT2D eigenvalue weighted by Gasteiger charge is 2.35. The molecule has 0 heterocycles. The van der Waals surface area contributed by atoms with Crippen LogP contribution in [0.3, 0.4) is 0 Å². The van der Waals surface area contributed by atoms with Gasteiger partial charge in [-0.1, -0.05) is 65.7 Å². The fourth-order valence-corrected chi connectivity index (χ4v) is 4.56. The first-order valence-corrected chi connectivity index (χ1v) is 11.1. The van der Waals surface area contributed by atoms with Gasteiger partial charge in [0, 0.05) is 17.4 Å². The maximum Gasteiger partial charge on any atom is 0.203 e. The first-order valence-electron chi connectivity index (χ1n) is 11.1. The molecular formula is C29H30O4. The predicted octanol–water partition coefficient (Wildman–Crippen LogP) is 6.40. The summed E-state index contributed by atoms with van der Waals surface area (Å²) in [6, 6.07) is 20.5. The maximum absolute atomic E-state index is 13.9. The van der Waals surface area contributed by atoms with Gasteiger partial charge >= 0.3 is 0 Å². The molecule has 1 aliphatic carbocycles. The summed E-state index contributed by atoms with van der Waals surface area (Å²) in [4.78, 5) is 13.9. The SMILES string of the molecule is COc1cc(C(=O)C2C=C(c3ccc(C)cc3)CC2c2ccc(C)cc2)cc(OC)c1OC. The van der Waals surface area contributed by atoms with Crippen LogP contribution in [0, 0.1) is 19.8 Å². The van der Waals surface area contributed by atoms with E-state index in [1.54, 1.807) is 33.5 Å². The van der Waals surface area contributed by atoms with E-state index in [2.05, 4.69) is 68.5 Å². The van der Waals surface area contributed by atoms with Crippen LogP contribution < -0.4 is 14.2 Å². The smallest absolute Gasteiger partial charge is 0.203 e. The summed E-state index contributed by atoms with van der Waals surface area (Å²) >= 11 is 0. The van der Waals surface area contributed by atoms with Crippen molar-refractivity contribution in [3.63, 3.8) is 0 Å². The lowest BCUT2D eigenvalue weighted by atomic mass is 9.83. The van der Waals surface area contributed by atoms with Gasteiger partial charge in [-0.15, -0.1) is 0 Å². The van der Waals surface area contributed by atoms with Gasteiger partial charge < -0.3 is 14.2 Å². The third-order valence-corrected chi connectivity index (χ3v) is 6.43. The highest BCUT2D eigenvalue weighted by atomic mass is 16.5. The topological polar surface area (TPSA) is 44.8 Å². The standard InChI is InChI=1S/C29H30O4/c1-18-6-10-20(11-7-18)22-14-24(21-12-8-19(2)9-13-21)25(15-22)28(30)23-16-26(31-3)29(33-5)27(17-23)32-4/h6-13,15-17,24-25H,14H2,1-5H3. The molecule has 0 bridgehead atoms. The zero-order chi connectivity index (χ0) is 23.5. The van der Waals surface area contributed by atoms with E-state index in [9.17, 15) is 4.79 Å². The van der Waals surface area contributed by atoms with E-state index in [1.807, 2.05) is 0 Å². The average molecular weight is 443 g/mol. The van der Waals surface area contributed by atoms with Crippen molar-refractivity contribution in [2.24, 2.45) is 5.92 Å². The number of ketones is 1. The van der Waals surface area contributed by atoms with E-state index in [1.165, 1.54) is 22.3 Å². The Morgan fingerprint density at radius 1 is 0.788 bits per heavy atom. The van der Waals surface area contributed by atoms with Crippen molar-refractivity contribution in [2.75, 3.05) is 21.3 Å². The predicted molar refractivity (Wildman–Crippen MR) is 132 cm³/mol. The minimum atomic E-state index is -0.285. The number of allylic oxidation sites excluding steroid dienone is 2. The first kappa shape index (κ1) is 22.7. The van der Waals surface area contributed by atoms with E-state index in [0.29, 0.717) is 22.8 Å². The van der Waals surface area contributed by atoms with Crippen molar-refractivity contribution in [1.82, 2.24) is 0 Å². The van der Waals surface area contributed by atoms with Crippen LogP contribution in [-0.4, -0.2) is 27.1 Å². The lowest BCUT2D eigenvalue weighted by Gasteiger charge is -2.20. The Balaban J connectivity index is 1.77. The highest BCUT2D eigenvalue weighted by molar-refractivity contribution is 6.02. The molecule has 0 aromatic heterocycles. The Morgan fingerprint density at radius 3 is 1.85 bits per heavy atom. The van der Waals surface area contributed by atoms with Crippen LogP contribution in [0.2, 0.25) is 0 Å². The second-order valence-corrected chi connectivity index (χ2v) is 8.58. The number of hydrogen-bond donors (Lipinski definition) is 0. The Hall–Kier alpha value is -3.53. The molecule has 33 heavy (non-hydrogen) atoms. The maximum atomic E-state index is 13.9. The van der Waals surface area contributed by atoms with Crippen LogP contribution in [0.1, 0.15) is 45.0 Å². The van der Waals surface area contributed by atoms with Crippen LogP contribution in [-0.2, 0) is 0 Å². The van der Waals surface area contributed by atoms with Gasteiger partial charge in [0.25, 0.3) is 0 Å². The van der Waals surface area contributed by atoms with Crippen molar-refractivity contribution in [3.8, 4) is 17.2 Å². The number of methoxy groups -OCH3 is 3. The van der Waals surface area contributed by atoms with Crippen LogP contribution in [0.25, 0.3) is 5.57 Å². The Labute approximate surface area is 195 Å². The van der Waals surface area contributed by atoms with E-state index >= 15 is 0 Å². The minimum absolute atomic E-state index is 0.0435. The summed E-state index contributed by atoms with van der Waals surface area (Å²) in [5.41, 5.74) is 6.51. The van der Waals surface area contributed by atoms with E-state index < -0.39 is 0 Å². The fourth-order valence-electron chi connectivity index (χ4n) is 4.56. The molecule has 0 fully saturated rings. The van der Waals surface area contributed by atoms with Crippen LogP contribution >= 0.6 is 0 Å². The molecule has 0 saturated heterocycles. The molecule has 2 atom stereocenters. The molecule has 0 amide bonds. The largest absolute Gasteiger partial charge is 0.493 e. The van der Waals surface area contributed by atoms with Gasteiger partial charge in [-0.05, 0) is 49.1 Å². The number of ether oxygens (including phenoxy) is 3. The van der Waals surface area contributed by atoms with E-state index in [4.69, 9.17) is 14.2 Å². The molecule has 4 nitrogen and oxygen atoms in total. The van der Waals surface area contributed by atoms with Crippen LogP contribution in [0.4, 0.5) is 0 Å². The summed E-state index contributed by atoms with van der Waals surface area (Å²) in [6.45, 7) is 4.16. The van der Waals surface area contributed by atoms with Crippen LogP contribution in [0.5, 0.6) is 17.2 Å². The highest BCUT2D eigenvalue weighted by Crippen LogP contribution is 2.46. The van der Waals surface area contributed by atoms with Gasteiger partial charge in [0.15, 0.2) is 17.3 Å². The minimum Gasteiger partial charge on any atom is -0.493 e. The lowest BCUT2D eigenvalue weighted by molar-refractivity contribution is 0.0934. The van der Waals surface area contributed by atoms with Crippen molar-refractivity contribution >= 4 is 11.4 Å². The van der Waals surface area contributed by atoms with Crippen molar-refractivity contribution < 1.29 is 19.0 Å². The Bertz CT molecular complexity index is 1150. The van der Waals surface area contributed by atoms with E-state index in [-0.39, 0.29) is 17.6 Å². The van der Waals surface area contributed by atoms with Crippen molar-refractivity contribution in [3.05, 3.63) is 94.6 Å². The molecule has 4 heteroatoms. The molecule has 0 N–H and O–H groups in total. The lowest BCUT2D eigenvalue weighted by Crippen LogP contribution is -2.18. The number of benzene rings is 3. The molecule has 1 aliphatic rings. The second kappa shape index (κ2) is 9.53. The normalized spacial score (nSPS) is 17.4. The summed E-state index contributed by atoms with van der Waals surface area (Å²) in [5.74, 6) is 1.26. The van der Waals surface area contributed by atoms with Crippen molar-refractivity contribution in [1.29, 1.82) is 0 Å². The first-order chi connectivity index (χ1) is 15.9.